The van der Waals surface area contributed by atoms with Crippen molar-refractivity contribution in [2.24, 2.45) is 5.92 Å². The third-order valence-corrected chi connectivity index (χ3v) is 19.5. The normalized spacial score (nSPS) is 15.8. The monoisotopic (exact) mass is 785 g/mol. The Morgan fingerprint density at radius 3 is 1.70 bits per heavy atom. The highest BCUT2D eigenvalue weighted by molar-refractivity contribution is 7.96. The van der Waals surface area contributed by atoms with E-state index in [1.807, 2.05) is 102 Å². The summed E-state index contributed by atoms with van der Waals surface area (Å²) in [6.07, 6.45) is 4.22. The number of carbonyl (C=O) groups excluding carboxylic acids is 2. The zero-order valence-electron chi connectivity index (χ0n) is 35.7. The fourth-order valence-electron chi connectivity index (χ4n) is 5.22. The van der Waals surface area contributed by atoms with Crippen LogP contribution in [0.25, 0.3) is 0 Å². The van der Waals surface area contributed by atoms with E-state index in [1.165, 1.54) is 0 Å². The number of nitrogens with one attached hydrogen (secondary N) is 1. The number of benzene rings is 2. The summed E-state index contributed by atoms with van der Waals surface area (Å²) in [6, 6.07) is 17.6. The Bertz CT molecular complexity index is 1480. The average molecular weight is 786 g/mol. The number of thiol groups is 1. The second-order valence-electron chi connectivity index (χ2n) is 19.4. The Kier molecular flexibility index (Phi) is 16.3. The molecule has 0 radical (unpaired) electrons. The Labute approximate surface area is 330 Å². The van der Waals surface area contributed by atoms with Gasteiger partial charge in [0, 0.05) is 0 Å². The van der Waals surface area contributed by atoms with Crippen LogP contribution in [0.15, 0.2) is 66.7 Å². The molecule has 2 rings (SSSR count). The smallest absolute Gasteiger partial charge is 0.407 e. The first-order chi connectivity index (χ1) is 24.0. The lowest BCUT2D eigenvalue weighted by atomic mass is 9.94. The van der Waals surface area contributed by atoms with Crippen molar-refractivity contribution in [1.29, 1.82) is 0 Å². The molecule has 0 saturated heterocycles. The first-order valence-corrected chi connectivity index (χ1v) is 25.3. The van der Waals surface area contributed by atoms with E-state index in [1.54, 1.807) is 0 Å². The molecular weight excluding hydrogens is 715 g/mol. The lowest BCUT2D eigenvalue weighted by Gasteiger charge is -2.42. The summed E-state index contributed by atoms with van der Waals surface area (Å²) in [6.45, 7) is 33.8. The van der Waals surface area contributed by atoms with Crippen LogP contribution in [0.4, 0.5) is 4.79 Å². The summed E-state index contributed by atoms with van der Waals surface area (Å²) in [7, 11) is -4.67. The van der Waals surface area contributed by atoms with Crippen molar-refractivity contribution in [3.8, 4) is 5.75 Å². The van der Waals surface area contributed by atoms with Gasteiger partial charge in [-0.3, -0.25) is 4.79 Å². The molecule has 4 unspecified atom stereocenters. The molecule has 0 fully saturated rings. The summed E-state index contributed by atoms with van der Waals surface area (Å²) in [5.74, 6) is 0.293. The van der Waals surface area contributed by atoms with Gasteiger partial charge in [-0.1, -0.05) is 96.2 Å². The van der Waals surface area contributed by atoms with Crippen LogP contribution in [-0.2, 0) is 31.2 Å². The number of ether oxygens (including phenoxy) is 2. The minimum atomic E-state index is -2.35. The fourth-order valence-corrected chi connectivity index (χ4v) is 8.10. The van der Waals surface area contributed by atoms with E-state index in [4.69, 9.17) is 18.3 Å². The molecule has 4 atom stereocenters. The maximum Gasteiger partial charge on any atom is 0.407 e. The van der Waals surface area contributed by atoms with Crippen LogP contribution in [0.5, 0.6) is 5.75 Å². The molecule has 2 aromatic carbocycles. The third-order valence-electron chi connectivity index (χ3n) is 10.1. The molecule has 10 heteroatoms. The van der Waals surface area contributed by atoms with E-state index in [-0.39, 0.29) is 20.8 Å². The van der Waals surface area contributed by atoms with Crippen molar-refractivity contribution in [1.82, 2.24) is 5.32 Å². The number of carbonyl (C=O) groups is 2. The topological polar surface area (TPSA) is 83.1 Å². The van der Waals surface area contributed by atoms with Crippen LogP contribution in [0.1, 0.15) is 101 Å². The highest BCUT2D eigenvalue weighted by Crippen LogP contribution is 2.40. The van der Waals surface area contributed by atoms with E-state index >= 15 is 0 Å². The van der Waals surface area contributed by atoms with Crippen LogP contribution in [-0.4, -0.2) is 57.3 Å². The number of hydrogen-bond donors (Lipinski definition) is 2. The molecule has 1 amide bonds. The van der Waals surface area contributed by atoms with Crippen LogP contribution >= 0.6 is 12.6 Å². The SMILES string of the molecule is CC(C)(C)OC(=O)NC(Cc1ccc(OC(C)(C)C)cc1)C(C/C=C/C(O[Si](C)(C)C(C)(C)C)C(Cc1ccccc1)C(=O)S)O[Si](C)(C)C(C)(C)C. The largest absolute Gasteiger partial charge is 0.488 e. The van der Waals surface area contributed by atoms with Crippen molar-refractivity contribution >= 4 is 40.5 Å². The summed E-state index contributed by atoms with van der Waals surface area (Å²) in [5, 5.41) is 2.84. The molecule has 0 heterocycles. The van der Waals surface area contributed by atoms with Gasteiger partial charge in [-0.25, -0.2) is 4.79 Å². The first-order valence-electron chi connectivity index (χ1n) is 19.1. The van der Waals surface area contributed by atoms with E-state index < -0.39 is 52.5 Å². The van der Waals surface area contributed by atoms with Crippen molar-refractivity contribution < 1.29 is 27.9 Å². The van der Waals surface area contributed by atoms with Crippen LogP contribution in [0.2, 0.25) is 36.3 Å². The predicted octanol–water partition coefficient (Wildman–Crippen LogP) is 11.3. The maximum atomic E-state index is 13.4. The predicted molar refractivity (Wildman–Crippen MR) is 229 cm³/mol. The number of amides is 1. The van der Waals surface area contributed by atoms with Crippen LogP contribution in [0, 0.1) is 5.92 Å². The zero-order valence-corrected chi connectivity index (χ0v) is 38.6. The molecule has 0 aromatic heterocycles. The minimum Gasteiger partial charge on any atom is -0.488 e. The number of hydrogen-bond acceptors (Lipinski definition) is 6. The Hall–Kier alpha value is -2.38. The number of alkyl carbamates (subject to hydrolysis) is 1. The minimum absolute atomic E-state index is 0.0695. The van der Waals surface area contributed by atoms with Crippen molar-refractivity contribution in [3.05, 3.63) is 77.9 Å². The Balaban J connectivity index is 2.64. The second kappa shape index (κ2) is 18.5. The third kappa shape index (κ3) is 16.1. The standard InChI is InChI=1S/C43H71NO6SSi2/c1-40(2,3)47-33-27-25-32(26-28-33)30-35(44-39(46)48-41(4,5)6)37(50-53(15,16)43(10,11)12)24-20-23-36(49-52(13,14)42(7,8)9)34(38(45)51)29-31-21-18-17-19-22-31/h17-23,25-28,34-37H,24,29-30H2,1-16H3,(H,44,46)(H,45,51)/b23-20+. The van der Waals surface area contributed by atoms with E-state index in [2.05, 4.69) is 91.8 Å². The van der Waals surface area contributed by atoms with Gasteiger partial charge in [-0.15, -0.1) is 12.6 Å². The summed E-state index contributed by atoms with van der Waals surface area (Å²) < 4.78 is 26.0. The maximum absolute atomic E-state index is 13.4. The fraction of sp³-hybridized carbons (Fsp3) is 0.628. The molecule has 0 saturated carbocycles. The highest BCUT2D eigenvalue weighted by atomic mass is 32.1. The van der Waals surface area contributed by atoms with Gasteiger partial charge in [0.05, 0.1) is 24.2 Å². The second-order valence-corrected chi connectivity index (χ2v) is 29.3. The summed E-state index contributed by atoms with van der Waals surface area (Å²) in [5.41, 5.74) is 1.10. The lowest BCUT2D eigenvalue weighted by molar-refractivity contribution is -0.116. The van der Waals surface area contributed by atoms with Gasteiger partial charge in [0.1, 0.15) is 17.0 Å². The molecule has 1 N–H and O–H groups in total. The molecular formula is C43H71NO6SSi2. The summed E-state index contributed by atoms with van der Waals surface area (Å²) in [4.78, 5) is 26.7. The average Bonchev–Trinajstić information content (AvgIpc) is 2.97. The molecule has 0 aliphatic heterocycles. The van der Waals surface area contributed by atoms with Crippen molar-refractivity contribution in [2.45, 2.75) is 168 Å². The lowest BCUT2D eigenvalue weighted by Crippen LogP contribution is -2.53. The molecule has 298 valence electrons. The molecule has 2 aromatic rings. The van der Waals surface area contributed by atoms with Gasteiger partial charge < -0.3 is 23.6 Å². The van der Waals surface area contributed by atoms with E-state index in [0.29, 0.717) is 19.3 Å². The van der Waals surface area contributed by atoms with Crippen molar-refractivity contribution in [3.63, 3.8) is 0 Å². The van der Waals surface area contributed by atoms with Gasteiger partial charge in [0.15, 0.2) is 21.8 Å². The molecule has 0 bridgehead atoms. The van der Waals surface area contributed by atoms with Crippen molar-refractivity contribution in [2.75, 3.05) is 0 Å². The zero-order chi connectivity index (χ0) is 40.6. The molecule has 0 spiro atoms. The van der Waals surface area contributed by atoms with Gasteiger partial charge in [-0.05, 0) is 120 Å². The molecule has 0 aliphatic carbocycles. The van der Waals surface area contributed by atoms with Gasteiger partial charge in [0.25, 0.3) is 0 Å². The first kappa shape index (κ1) is 46.8. The van der Waals surface area contributed by atoms with Crippen LogP contribution in [0.3, 0.4) is 0 Å². The summed E-state index contributed by atoms with van der Waals surface area (Å²) >= 11 is 4.40. The Morgan fingerprint density at radius 1 is 0.717 bits per heavy atom. The van der Waals surface area contributed by atoms with E-state index in [0.717, 1.165) is 16.9 Å². The quantitative estimate of drug-likeness (QED) is 0.100. The van der Waals surface area contributed by atoms with Crippen LogP contribution < -0.4 is 10.1 Å². The molecule has 53 heavy (non-hydrogen) atoms. The number of rotatable bonds is 16. The Morgan fingerprint density at radius 2 is 1.23 bits per heavy atom. The van der Waals surface area contributed by atoms with E-state index in [9.17, 15) is 9.59 Å². The van der Waals surface area contributed by atoms with Gasteiger partial charge in [0.2, 0.25) is 0 Å². The van der Waals surface area contributed by atoms with Gasteiger partial charge in [-0.2, -0.15) is 0 Å². The molecule has 0 aliphatic rings. The molecule has 7 nitrogen and oxygen atoms in total. The highest BCUT2D eigenvalue weighted by Gasteiger charge is 2.43. The van der Waals surface area contributed by atoms with Gasteiger partial charge >= 0.3 is 6.09 Å².